The molecule has 0 radical (unpaired) electrons. The molecule has 0 bridgehead atoms. The van der Waals surface area contributed by atoms with E-state index in [2.05, 4.69) is 26.6 Å². The Hall–Kier alpha value is -3.45. The molecule has 1 heterocycles. The van der Waals surface area contributed by atoms with Gasteiger partial charge < -0.3 is 25.2 Å². The van der Waals surface area contributed by atoms with Crippen LogP contribution in [0.15, 0.2) is 76.4 Å². The summed E-state index contributed by atoms with van der Waals surface area (Å²) >= 11 is 3.46. The summed E-state index contributed by atoms with van der Waals surface area (Å²) in [6.07, 6.45) is 1.05. The van der Waals surface area contributed by atoms with Crippen LogP contribution >= 0.6 is 15.9 Å². The maximum Gasteiger partial charge on any atom is 0.172 e. The van der Waals surface area contributed by atoms with Crippen molar-refractivity contribution in [2.24, 2.45) is 0 Å². The number of fused-ring (bicyclic) bond motifs is 1. The summed E-state index contributed by atoms with van der Waals surface area (Å²) in [6, 6.07) is 19.1. The lowest BCUT2D eigenvalue weighted by Crippen LogP contribution is -2.27. The van der Waals surface area contributed by atoms with Gasteiger partial charge in [0, 0.05) is 23.6 Å². The SMILES string of the molecule is CCOc1cc(C2Nc3ccccc3NC3=C2C(=O)CC(c2ccccc2OC)C3)cc(Br)c1O. The monoisotopic (exact) mass is 534 g/mol. The molecule has 6 nitrogen and oxygen atoms in total. The third-order valence-corrected chi connectivity index (χ3v) is 7.18. The van der Waals surface area contributed by atoms with Gasteiger partial charge in [-0.15, -0.1) is 0 Å². The van der Waals surface area contributed by atoms with E-state index in [1.807, 2.05) is 61.5 Å². The standard InChI is InChI=1S/C28H27BrN2O4/c1-3-35-25-15-17(12-19(29)28(25)33)27-26-22(30-20-9-5-6-10-21(20)31-27)13-16(14-23(26)32)18-8-4-7-11-24(18)34-2/h4-12,15-16,27,30-31,33H,3,13-14H2,1-2H3. The van der Waals surface area contributed by atoms with E-state index in [0.717, 1.165) is 33.9 Å². The smallest absolute Gasteiger partial charge is 0.172 e. The molecule has 2 atom stereocenters. The third kappa shape index (κ3) is 4.36. The van der Waals surface area contributed by atoms with E-state index in [-0.39, 0.29) is 17.5 Å². The number of ether oxygens (including phenoxy) is 2. The Bertz CT molecular complexity index is 1320. The van der Waals surface area contributed by atoms with E-state index in [4.69, 9.17) is 9.47 Å². The Morgan fingerprint density at radius 1 is 1.03 bits per heavy atom. The van der Waals surface area contributed by atoms with Gasteiger partial charge in [0.15, 0.2) is 17.3 Å². The van der Waals surface area contributed by atoms with Crippen LogP contribution in [0.25, 0.3) is 0 Å². The van der Waals surface area contributed by atoms with Crippen LogP contribution in [0, 0.1) is 0 Å². The second-order valence-corrected chi connectivity index (χ2v) is 9.55. The Balaban J connectivity index is 1.64. The van der Waals surface area contributed by atoms with Crippen LogP contribution in [0.4, 0.5) is 11.4 Å². The van der Waals surface area contributed by atoms with Crippen LogP contribution in [-0.4, -0.2) is 24.6 Å². The fourth-order valence-electron chi connectivity index (χ4n) is 4.99. The number of ketones is 1. The highest BCUT2D eigenvalue weighted by molar-refractivity contribution is 9.10. The van der Waals surface area contributed by atoms with Crippen LogP contribution < -0.4 is 20.1 Å². The van der Waals surface area contributed by atoms with E-state index in [0.29, 0.717) is 35.2 Å². The summed E-state index contributed by atoms with van der Waals surface area (Å²) in [6.45, 7) is 2.28. The van der Waals surface area contributed by atoms with Gasteiger partial charge in [-0.3, -0.25) is 4.79 Å². The van der Waals surface area contributed by atoms with Gasteiger partial charge in [-0.25, -0.2) is 0 Å². The van der Waals surface area contributed by atoms with Crippen molar-refractivity contribution >= 4 is 33.1 Å². The number of anilines is 2. The summed E-state index contributed by atoms with van der Waals surface area (Å²) in [4.78, 5) is 13.8. The zero-order valence-corrected chi connectivity index (χ0v) is 21.2. The molecule has 0 spiro atoms. The number of hydrogen-bond donors (Lipinski definition) is 3. The van der Waals surface area contributed by atoms with Gasteiger partial charge >= 0.3 is 0 Å². The van der Waals surface area contributed by atoms with Crippen molar-refractivity contribution < 1.29 is 19.4 Å². The predicted octanol–water partition coefficient (Wildman–Crippen LogP) is 6.54. The largest absolute Gasteiger partial charge is 0.503 e. The number of para-hydroxylation sites is 3. The maximum absolute atomic E-state index is 13.8. The molecule has 0 fully saturated rings. The number of Topliss-reactive ketones (excluding diaryl/α,β-unsaturated/α-hetero) is 1. The first-order chi connectivity index (χ1) is 17.0. The molecule has 3 N–H and O–H groups in total. The zero-order valence-electron chi connectivity index (χ0n) is 19.6. The van der Waals surface area contributed by atoms with E-state index >= 15 is 0 Å². The number of halogens is 1. The molecule has 2 unspecified atom stereocenters. The number of rotatable bonds is 5. The molecule has 2 aliphatic rings. The third-order valence-electron chi connectivity index (χ3n) is 6.57. The number of methoxy groups -OCH3 is 1. The highest BCUT2D eigenvalue weighted by Crippen LogP contribution is 2.47. The van der Waals surface area contributed by atoms with Gasteiger partial charge in [-0.1, -0.05) is 30.3 Å². The molecule has 35 heavy (non-hydrogen) atoms. The molecule has 0 saturated heterocycles. The molecule has 0 saturated carbocycles. The minimum Gasteiger partial charge on any atom is -0.503 e. The van der Waals surface area contributed by atoms with E-state index in [1.165, 1.54) is 0 Å². The molecular weight excluding hydrogens is 508 g/mol. The molecule has 7 heteroatoms. The van der Waals surface area contributed by atoms with Gasteiger partial charge in [0.2, 0.25) is 0 Å². The van der Waals surface area contributed by atoms with Crippen LogP contribution in [0.5, 0.6) is 17.2 Å². The fraction of sp³-hybridized carbons (Fsp3) is 0.250. The molecule has 1 aliphatic carbocycles. The van der Waals surface area contributed by atoms with Crippen molar-refractivity contribution in [2.45, 2.75) is 31.7 Å². The normalized spacial score (nSPS) is 19.1. The Labute approximate surface area is 213 Å². The number of hydrogen-bond acceptors (Lipinski definition) is 6. The minimum atomic E-state index is -0.414. The second-order valence-electron chi connectivity index (χ2n) is 8.69. The van der Waals surface area contributed by atoms with Crippen LogP contribution in [-0.2, 0) is 4.79 Å². The van der Waals surface area contributed by atoms with Gasteiger partial charge in [0.1, 0.15) is 5.75 Å². The van der Waals surface area contributed by atoms with Gasteiger partial charge in [-0.05, 0) is 70.7 Å². The van der Waals surface area contributed by atoms with Crippen molar-refractivity contribution in [1.82, 2.24) is 0 Å². The average Bonchev–Trinajstić information content (AvgIpc) is 3.03. The zero-order chi connectivity index (χ0) is 24.5. The number of benzene rings is 3. The summed E-state index contributed by atoms with van der Waals surface area (Å²) in [5, 5.41) is 17.6. The first-order valence-electron chi connectivity index (χ1n) is 11.7. The minimum absolute atomic E-state index is 0.00125. The summed E-state index contributed by atoms with van der Waals surface area (Å²) in [5.74, 6) is 1.29. The summed E-state index contributed by atoms with van der Waals surface area (Å²) < 4.78 is 11.8. The van der Waals surface area contributed by atoms with Crippen molar-refractivity contribution in [2.75, 3.05) is 24.4 Å². The van der Waals surface area contributed by atoms with Crippen molar-refractivity contribution in [1.29, 1.82) is 0 Å². The number of allylic oxidation sites excluding steroid dienone is 1. The van der Waals surface area contributed by atoms with Crippen molar-refractivity contribution in [3.8, 4) is 17.2 Å². The number of nitrogens with one attached hydrogen (secondary N) is 2. The first-order valence-corrected chi connectivity index (χ1v) is 12.5. The highest BCUT2D eigenvalue weighted by atomic mass is 79.9. The molecule has 3 aromatic rings. The molecule has 0 amide bonds. The van der Waals surface area contributed by atoms with Gasteiger partial charge in [0.25, 0.3) is 0 Å². The quantitative estimate of drug-likeness (QED) is 0.344. The molecule has 0 aromatic heterocycles. The number of phenolic OH excluding ortho intramolecular Hbond substituents is 1. The average molecular weight is 535 g/mol. The lowest BCUT2D eigenvalue weighted by molar-refractivity contribution is -0.116. The lowest BCUT2D eigenvalue weighted by atomic mass is 9.78. The van der Waals surface area contributed by atoms with Crippen LogP contribution in [0.1, 0.15) is 42.9 Å². The summed E-state index contributed by atoms with van der Waals surface area (Å²) in [5.41, 5.74) is 5.27. The lowest BCUT2D eigenvalue weighted by Gasteiger charge is -2.30. The summed E-state index contributed by atoms with van der Waals surface area (Å²) in [7, 11) is 1.66. The molecule has 3 aromatic carbocycles. The highest BCUT2D eigenvalue weighted by Gasteiger charge is 2.37. The van der Waals surface area contributed by atoms with Gasteiger partial charge in [-0.2, -0.15) is 0 Å². The molecule has 180 valence electrons. The van der Waals surface area contributed by atoms with E-state index in [1.54, 1.807) is 13.2 Å². The molecular formula is C28H27BrN2O4. The molecule has 5 rings (SSSR count). The predicted molar refractivity (Wildman–Crippen MR) is 140 cm³/mol. The Morgan fingerprint density at radius 3 is 2.54 bits per heavy atom. The van der Waals surface area contributed by atoms with E-state index in [9.17, 15) is 9.90 Å². The Morgan fingerprint density at radius 2 is 1.77 bits per heavy atom. The van der Waals surface area contributed by atoms with Crippen LogP contribution in [0.3, 0.4) is 0 Å². The number of aromatic hydroxyl groups is 1. The van der Waals surface area contributed by atoms with Crippen molar-refractivity contribution in [3.63, 3.8) is 0 Å². The van der Waals surface area contributed by atoms with Crippen molar-refractivity contribution in [3.05, 3.63) is 87.5 Å². The molecule has 1 aliphatic heterocycles. The fourth-order valence-corrected chi connectivity index (χ4v) is 5.45. The van der Waals surface area contributed by atoms with E-state index < -0.39 is 6.04 Å². The maximum atomic E-state index is 13.8. The van der Waals surface area contributed by atoms with Gasteiger partial charge in [0.05, 0.1) is 35.6 Å². The first kappa shape index (κ1) is 23.3. The number of phenols is 1. The topological polar surface area (TPSA) is 79.8 Å². The Kier molecular flexibility index (Phi) is 6.43. The number of carbonyl (C=O) groups excluding carboxylic acids is 1. The van der Waals surface area contributed by atoms with Crippen LogP contribution in [0.2, 0.25) is 0 Å². The second kappa shape index (κ2) is 9.66. The number of carbonyl (C=O) groups is 1.